The van der Waals surface area contributed by atoms with Crippen LogP contribution in [0.15, 0.2) is 35.2 Å². The molecule has 1 heterocycles. The quantitative estimate of drug-likeness (QED) is 0.689. The van der Waals surface area contributed by atoms with Crippen LogP contribution in [0.5, 0.6) is 5.75 Å². The molecule has 7 nitrogen and oxygen atoms in total. The molecular formula is C19H19Cl2FN2O5S. The van der Waals surface area contributed by atoms with Gasteiger partial charge in [0.15, 0.2) is 6.61 Å². The molecule has 0 aromatic heterocycles. The van der Waals surface area contributed by atoms with E-state index in [9.17, 15) is 17.6 Å². The fourth-order valence-corrected chi connectivity index (χ4v) is 4.99. The van der Waals surface area contributed by atoms with Crippen molar-refractivity contribution in [1.82, 2.24) is 4.31 Å². The number of benzene rings is 2. The molecule has 2 aromatic carbocycles. The molecule has 0 atom stereocenters. The predicted octanol–water partition coefficient (Wildman–Crippen LogP) is 3.48. The Bertz CT molecular complexity index is 1060. The lowest BCUT2D eigenvalue weighted by molar-refractivity contribution is -0.118. The van der Waals surface area contributed by atoms with E-state index in [0.717, 1.165) is 6.07 Å². The maximum absolute atomic E-state index is 13.2. The van der Waals surface area contributed by atoms with Crippen LogP contribution in [0.1, 0.15) is 5.56 Å². The third kappa shape index (κ3) is 5.22. The largest absolute Gasteiger partial charge is 0.483 e. The summed E-state index contributed by atoms with van der Waals surface area (Å²) in [6.45, 7) is 2.36. The van der Waals surface area contributed by atoms with Crippen molar-refractivity contribution in [3.8, 4) is 5.75 Å². The van der Waals surface area contributed by atoms with E-state index >= 15 is 0 Å². The van der Waals surface area contributed by atoms with E-state index in [2.05, 4.69) is 5.32 Å². The van der Waals surface area contributed by atoms with E-state index in [0.29, 0.717) is 24.5 Å². The minimum absolute atomic E-state index is 0.0664. The second-order valence-corrected chi connectivity index (χ2v) is 9.25. The van der Waals surface area contributed by atoms with E-state index in [4.69, 9.17) is 32.7 Å². The fraction of sp³-hybridized carbons (Fsp3) is 0.316. The van der Waals surface area contributed by atoms with E-state index in [1.807, 2.05) is 0 Å². The highest BCUT2D eigenvalue weighted by molar-refractivity contribution is 7.89. The van der Waals surface area contributed by atoms with Crippen LogP contribution in [-0.2, 0) is 19.6 Å². The first kappa shape index (κ1) is 22.8. The number of hydrogen-bond donors (Lipinski definition) is 1. The van der Waals surface area contributed by atoms with Crippen molar-refractivity contribution in [2.75, 3.05) is 38.2 Å². The van der Waals surface area contributed by atoms with Crippen molar-refractivity contribution in [2.45, 2.75) is 11.8 Å². The number of nitrogens with one attached hydrogen (secondary N) is 1. The Morgan fingerprint density at radius 2 is 1.90 bits per heavy atom. The lowest BCUT2D eigenvalue weighted by Crippen LogP contribution is -2.40. The lowest BCUT2D eigenvalue weighted by Gasteiger charge is -2.26. The minimum atomic E-state index is -3.84. The van der Waals surface area contributed by atoms with Crippen molar-refractivity contribution >= 4 is 44.8 Å². The number of morpholine rings is 1. The Kier molecular flexibility index (Phi) is 7.20. The van der Waals surface area contributed by atoms with Crippen LogP contribution in [0.2, 0.25) is 10.0 Å². The molecule has 30 heavy (non-hydrogen) atoms. The topological polar surface area (TPSA) is 84.9 Å². The normalized spacial score (nSPS) is 15.1. The SMILES string of the molecule is Cc1cc(Cl)c(S(=O)(=O)N2CCOCC2)cc1OCC(=O)Nc1ccc(F)c(Cl)c1. The summed E-state index contributed by atoms with van der Waals surface area (Å²) in [5.41, 5.74) is 0.872. The van der Waals surface area contributed by atoms with E-state index in [1.165, 1.54) is 28.6 Å². The monoisotopic (exact) mass is 476 g/mol. The zero-order chi connectivity index (χ0) is 21.9. The number of halogens is 3. The molecule has 2 aromatic rings. The summed E-state index contributed by atoms with van der Waals surface area (Å²) in [5.74, 6) is -0.917. The lowest BCUT2D eigenvalue weighted by atomic mass is 10.2. The molecule has 3 rings (SSSR count). The third-order valence-electron chi connectivity index (χ3n) is 4.38. The van der Waals surface area contributed by atoms with Crippen LogP contribution < -0.4 is 10.1 Å². The number of sulfonamides is 1. The molecule has 1 N–H and O–H groups in total. The Hall–Kier alpha value is -1.91. The third-order valence-corrected chi connectivity index (χ3v) is 7.03. The summed E-state index contributed by atoms with van der Waals surface area (Å²) in [7, 11) is -3.84. The van der Waals surface area contributed by atoms with E-state index in [1.54, 1.807) is 6.92 Å². The minimum Gasteiger partial charge on any atom is -0.483 e. The number of rotatable bonds is 6. The van der Waals surface area contributed by atoms with Gasteiger partial charge in [-0.2, -0.15) is 4.31 Å². The van der Waals surface area contributed by atoms with Gasteiger partial charge < -0.3 is 14.8 Å². The van der Waals surface area contributed by atoms with Gasteiger partial charge in [0, 0.05) is 24.8 Å². The van der Waals surface area contributed by atoms with Gasteiger partial charge in [-0.1, -0.05) is 23.2 Å². The summed E-state index contributed by atoms with van der Waals surface area (Å²) in [6, 6.07) is 6.55. The Morgan fingerprint density at radius 1 is 1.20 bits per heavy atom. The van der Waals surface area contributed by atoms with Gasteiger partial charge in [-0.25, -0.2) is 12.8 Å². The molecule has 1 amide bonds. The number of amides is 1. The van der Waals surface area contributed by atoms with E-state index < -0.39 is 28.4 Å². The number of ether oxygens (including phenoxy) is 2. The molecule has 1 aliphatic heterocycles. The Morgan fingerprint density at radius 3 is 2.57 bits per heavy atom. The average Bonchev–Trinajstić information content (AvgIpc) is 2.70. The van der Waals surface area contributed by atoms with Crippen LogP contribution >= 0.6 is 23.2 Å². The second kappa shape index (κ2) is 9.49. The summed E-state index contributed by atoms with van der Waals surface area (Å²) in [5, 5.41) is 2.47. The fourth-order valence-electron chi connectivity index (χ4n) is 2.83. The van der Waals surface area contributed by atoms with Gasteiger partial charge in [-0.15, -0.1) is 0 Å². The maximum atomic E-state index is 13.2. The highest BCUT2D eigenvalue weighted by Gasteiger charge is 2.29. The zero-order valence-corrected chi connectivity index (χ0v) is 18.3. The molecule has 0 saturated carbocycles. The number of anilines is 1. The molecule has 0 radical (unpaired) electrons. The first-order valence-corrected chi connectivity index (χ1v) is 11.1. The average molecular weight is 477 g/mol. The van der Waals surface area contributed by atoms with Crippen molar-refractivity contribution in [1.29, 1.82) is 0 Å². The van der Waals surface area contributed by atoms with Gasteiger partial charge in [-0.3, -0.25) is 4.79 Å². The number of hydrogen-bond acceptors (Lipinski definition) is 5. The first-order valence-electron chi connectivity index (χ1n) is 8.94. The van der Waals surface area contributed by atoms with Crippen LogP contribution in [0.4, 0.5) is 10.1 Å². The zero-order valence-electron chi connectivity index (χ0n) is 16.0. The second-order valence-electron chi connectivity index (χ2n) is 6.53. The highest BCUT2D eigenvalue weighted by Crippen LogP contribution is 2.32. The molecule has 1 fully saturated rings. The summed E-state index contributed by atoms with van der Waals surface area (Å²) in [4.78, 5) is 12.1. The maximum Gasteiger partial charge on any atom is 0.262 e. The molecule has 0 bridgehead atoms. The molecule has 1 saturated heterocycles. The highest BCUT2D eigenvalue weighted by atomic mass is 35.5. The number of nitrogens with zero attached hydrogens (tertiary/aromatic N) is 1. The Balaban J connectivity index is 1.73. The van der Waals surface area contributed by atoms with Crippen molar-refractivity contribution < 1.29 is 27.1 Å². The molecular weight excluding hydrogens is 458 g/mol. The molecule has 11 heteroatoms. The summed E-state index contributed by atoms with van der Waals surface area (Å²) in [6.07, 6.45) is 0. The van der Waals surface area contributed by atoms with Gasteiger partial charge in [0.1, 0.15) is 16.5 Å². The van der Waals surface area contributed by atoms with Gasteiger partial charge in [0.05, 0.1) is 23.3 Å². The number of carbonyl (C=O) groups excluding carboxylic acids is 1. The van der Waals surface area contributed by atoms with Gasteiger partial charge >= 0.3 is 0 Å². The standard InChI is InChI=1S/C19H19Cl2FN2O5S/c1-12-8-15(21)18(30(26,27)24-4-6-28-7-5-24)10-17(12)29-11-19(25)23-13-2-3-16(22)14(20)9-13/h2-3,8-10H,4-7,11H2,1H3,(H,23,25). The van der Waals surface area contributed by atoms with Crippen LogP contribution in [-0.4, -0.2) is 51.5 Å². The number of carbonyl (C=O) groups is 1. The first-order chi connectivity index (χ1) is 14.2. The van der Waals surface area contributed by atoms with Crippen molar-refractivity contribution in [2.24, 2.45) is 0 Å². The van der Waals surface area contributed by atoms with Gasteiger partial charge in [0.25, 0.3) is 5.91 Å². The molecule has 162 valence electrons. The predicted molar refractivity (Wildman–Crippen MR) is 111 cm³/mol. The van der Waals surface area contributed by atoms with Crippen LogP contribution in [0.3, 0.4) is 0 Å². The molecule has 1 aliphatic rings. The molecule has 0 aliphatic carbocycles. The Labute approximate surface area is 183 Å². The molecule has 0 unspecified atom stereocenters. The molecule has 0 spiro atoms. The van der Waals surface area contributed by atoms with E-state index in [-0.39, 0.29) is 33.8 Å². The smallest absolute Gasteiger partial charge is 0.262 e. The van der Waals surface area contributed by atoms with Crippen LogP contribution in [0.25, 0.3) is 0 Å². The summed E-state index contributed by atoms with van der Waals surface area (Å²) >= 11 is 11.9. The van der Waals surface area contributed by atoms with Crippen molar-refractivity contribution in [3.63, 3.8) is 0 Å². The van der Waals surface area contributed by atoms with Gasteiger partial charge in [0.2, 0.25) is 10.0 Å². The van der Waals surface area contributed by atoms with Crippen LogP contribution in [0, 0.1) is 12.7 Å². The summed E-state index contributed by atoms with van der Waals surface area (Å²) < 4.78 is 51.1. The number of aryl methyl sites for hydroxylation is 1. The van der Waals surface area contributed by atoms with Gasteiger partial charge in [-0.05, 0) is 36.8 Å². The van der Waals surface area contributed by atoms with Crippen molar-refractivity contribution in [3.05, 3.63) is 51.8 Å².